The Morgan fingerprint density at radius 1 is 1.32 bits per heavy atom. The highest BCUT2D eigenvalue weighted by molar-refractivity contribution is 5.80. The summed E-state index contributed by atoms with van der Waals surface area (Å²) in [6.07, 6.45) is 4.23. The van der Waals surface area contributed by atoms with Crippen molar-refractivity contribution in [3.8, 4) is 0 Å². The highest BCUT2D eigenvalue weighted by atomic mass is 19.1. The first-order valence-corrected chi connectivity index (χ1v) is 10.3. The second kappa shape index (κ2) is 10.0. The number of pyridine rings is 1. The van der Waals surface area contributed by atoms with Crippen LogP contribution in [0, 0.1) is 5.82 Å². The van der Waals surface area contributed by atoms with Crippen molar-refractivity contribution in [3.05, 3.63) is 24.1 Å². The Labute approximate surface area is 167 Å². The molecule has 0 aromatic carbocycles. The lowest BCUT2D eigenvalue weighted by atomic mass is 10.2. The third kappa shape index (κ3) is 5.78. The van der Waals surface area contributed by atoms with E-state index in [1.54, 1.807) is 19.3 Å². The molecule has 2 N–H and O–H groups in total. The van der Waals surface area contributed by atoms with Crippen LogP contribution in [0.4, 0.5) is 10.2 Å². The van der Waals surface area contributed by atoms with Gasteiger partial charge in [0.05, 0.1) is 12.2 Å². The average Bonchev–Trinajstić information content (AvgIpc) is 3.12. The molecule has 0 aliphatic carbocycles. The number of aliphatic imine (C=N–C) groups is 1. The van der Waals surface area contributed by atoms with Gasteiger partial charge in [-0.15, -0.1) is 0 Å². The SMILES string of the molecule is CN=C(NCCCN1CC(C)OC(C)C1)NC1CCN(c2ncccc2F)C1. The van der Waals surface area contributed by atoms with E-state index >= 15 is 0 Å². The van der Waals surface area contributed by atoms with Crippen molar-refractivity contribution in [2.45, 2.75) is 44.9 Å². The van der Waals surface area contributed by atoms with E-state index in [9.17, 15) is 4.39 Å². The van der Waals surface area contributed by atoms with Crippen molar-refractivity contribution >= 4 is 11.8 Å². The Balaban J connectivity index is 1.37. The molecule has 0 radical (unpaired) electrons. The van der Waals surface area contributed by atoms with E-state index in [0.29, 0.717) is 18.0 Å². The molecule has 2 saturated heterocycles. The molecule has 3 rings (SSSR count). The molecule has 0 spiro atoms. The molecule has 2 fully saturated rings. The Morgan fingerprint density at radius 3 is 2.82 bits per heavy atom. The molecule has 0 saturated carbocycles. The number of nitrogens with zero attached hydrogens (tertiary/aromatic N) is 4. The van der Waals surface area contributed by atoms with Crippen LogP contribution in [0.15, 0.2) is 23.3 Å². The van der Waals surface area contributed by atoms with Gasteiger partial charge in [-0.25, -0.2) is 9.37 Å². The summed E-state index contributed by atoms with van der Waals surface area (Å²) in [4.78, 5) is 13.0. The average molecular weight is 393 g/mol. The number of morpholine rings is 1. The third-order valence-electron chi connectivity index (χ3n) is 5.23. The largest absolute Gasteiger partial charge is 0.373 e. The number of anilines is 1. The van der Waals surface area contributed by atoms with E-state index in [4.69, 9.17) is 4.74 Å². The molecule has 156 valence electrons. The molecule has 2 aliphatic heterocycles. The van der Waals surface area contributed by atoms with Crippen molar-refractivity contribution in [2.24, 2.45) is 4.99 Å². The van der Waals surface area contributed by atoms with Gasteiger partial charge in [-0.1, -0.05) is 0 Å². The van der Waals surface area contributed by atoms with Gasteiger partial charge in [-0.3, -0.25) is 9.89 Å². The molecule has 7 nitrogen and oxygen atoms in total. The van der Waals surface area contributed by atoms with E-state index in [-0.39, 0.29) is 11.9 Å². The minimum absolute atomic E-state index is 0.230. The topological polar surface area (TPSA) is 65.0 Å². The van der Waals surface area contributed by atoms with Gasteiger partial charge in [0.15, 0.2) is 17.6 Å². The summed E-state index contributed by atoms with van der Waals surface area (Å²) in [7, 11) is 1.78. The van der Waals surface area contributed by atoms with Crippen LogP contribution in [-0.4, -0.2) is 80.4 Å². The Hall–Kier alpha value is -1.93. The summed E-state index contributed by atoms with van der Waals surface area (Å²) in [5.74, 6) is 0.971. The normalized spacial score (nSPS) is 26.5. The smallest absolute Gasteiger partial charge is 0.191 e. The van der Waals surface area contributed by atoms with Crippen LogP contribution in [0.2, 0.25) is 0 Å². The van der Waals surface area contributed by atoms with Crippen LogP contribution >= 0.6 is 0 Å². The minimum atomic E-state index is -0.266. The molecule has 3 unspecified atom stereocenters. The fraction of sp³-hybridized carbons (Fsp3) is 0.700. The van der Waals surface area contributed by atoms with Crippen LogP contribution < -0.4 is 15.5 Å². The van der Waals surface area contributed by atoms with Gasteiger partial charge in [-0.2, -0.15) is 0 Å². The summed E-state index contributed by atoms with van der Waals surface area (Å²) >= 11 is 0. The van der Waals surface area contributed by atoms with E-state index in [1.807, 2.05) is 4.90 Å². The zero-order valence-electron chi connectivity index (χ0n) is 17.2. The minimum Gasteiger partial charge on any atom is -0.373 e. The maximum atomic E-state index is 13.9. The second-order valence-corrected chi connectivity index (χ2v) is 7.75. The lowest BCUT2D eigenvalue weighted by Gasteiger charge is -2.35. The fourth-order valence-corrected chi connectivity index (χ4v) is 4.04. The molecule has 3 atom stereocenters. The van der Waals surface area contributed by atoms with Crippen LogP contribution in [0.1, 0.15) is 26.7 Å². The summed E-state index contributed by atoms with van der Waals surface area (Å²) in [5, 5.41) is 6.85. The molecule has 28 heavy (non-hydrogen) atoms. The number of rotatable bonds is 6. The molecule has 0 bridgehead atoms. The monoisotopic (exact) mass is 392 g/mol. The second-order valence-electron chi connectivity index (χ2n) is 7.75. The fourth-order valence-electron chi connectivity index (χ4n) is 4.04. The molecular formula is C20H33FN6O. The Morgan fingerprint density at radius 2 is 2.11 bits per heavy atom. The molecule has 3 heterocycles. The molecular weight excluding hydrogens is 359 g/mol. The number of hydrogen-bond donors (Lipinski definition) is 2. The standard InChI is InChI=1S/C20H33FN6O/c1-15-12-26(13-16(2)28-15)10-5-9-24-20(22-3)25-17-7-11-27(14-17)19-18(21)6-4-8-23-19/h4,6,8,15-17H,5,7,9-14H2,1-3H3,(H2,22,24,25). The van der Waals surface area contributed by atoms with Gasteiger partial charge in [-0.05, 0) is 38.8 Å². The Bertz CT molecular complexity index is 647. The van der Waals surface area contributed by atoms with Crippen LogP contribution in [0.3, 0.4) is 0 Å². The van der Waals surface area contributed by atoms with Gasteiger partial charge in [0.1, 0.15) is 0 Å². The zero-order valence-corrected chi connectivity index (χ0v) is 17.2. The quantitative estimate of drug-likeness (QED) is 0.434. The van der Waals surface area contributed by atoms with Crippen molar-refractivity contribution in [1.29, 1.82) is 0 Å². The zero-order chi connectivity index (χ0) is 19.9. The number of ether oxygens (including phenoxy) is 1. The number of hydrogen-bond acceptors (Lipinski definition) is 5. The number of halogens is 1. The predicted molar refractivity (Wildman–Crippen MR) is 110 cm³/mol. The highest BCUT2D eigenvalue weighted by Gasteiger charge is 2.26. The lowest BCUT2D eigenvalue weighted by molar-refractivity contribution is -0.0679. The lowest BCUT2D eigenvalue weighted by Crippen LogP contribution is -2.47. The van der Waals surface area contributed by atoms with E-state index in [0.717, 1.165) is 58.1 Å². The first-order chi connectivity index (χ1) is 13.5. The van der Waals surface area contributed by atoms with Gasteiger partial charge in [0.2, 0.25) is 0 Å². The van der Waals surface area contributed by atoms with Gasteiger partial charge in [0.25, 0.3) is 0 Å². The van der Waals surface area contributed by atoms with Crippen molar-refractivity contribution in [2.75, 3.05) is 51.2 Å². The van der Waals surface area contributed by atoms with Gasteiger partial charge >= 0.3 is 0 Å². The van der Waals surface area contributed by atoms with Crippen LogP contribution in [-0.2, 0) is 4.74 Å². The van der Waals surface area contributed by atoms with Crippen LogP contribution in [0.5, 0.6) is 0 Å². The van der Waals surface area contributed by atoms with Crippen LogP contribution in [0.25, 0.3) is 0 Å². The first-order valence-electron chi connectivity index (χ1n) is 10.3. The molecule has 8 heteroatoms. The molecule has 1 aromatic rings. The predicted octanol–water partition coefficient (Wildman–Crippen LogP) is 1.46. The van der Waals surface area contributed by atoms with E-state index in [1.165, 1.54) is 6.07 Å². The molecule has 1 aromatic heterocycles. The number of guanidine groups is 1. The van der Waals surface area contributed by atoms with E-state index < -0.39 is 0 Å². The van der Waals surface area contributed by atoms with E-state index in [2.05, 4.69) is 39.4 Å². The summed E-state index contributed by atoms with van der Waals surface area (Å²) in [6, 6.07) is 3.31. The number of aromatic nitrogens is 1. The van der Waals surface area contributed by atoms with Crippen molar-refractivity contribution < 1.29 is 9.13 Å². The third-order valence-corrected chi connectivity index (χ3v) is 5.23. The van der Waals surface area contributed by atoms with Gasteiger partial charge < -0.3 is 20.3 Å². The highest BCUT2D eigenvalue weighted by Crippen LogP contribution is 2.20. The maximum absolute atomic E-state index is 13.9. The summed E-state index contributed by atoms with van der Waals surface area (Å²) < 4.78 is 19.7. The first kappa shape index (κ1) is 20.8. The number of nitrogens with one attached hydrogen (secondary N) is 2. The summed E-state index contributed by atoms with van der Waals surface area (Å²) in [5.41, 5.74) is 0. The van der Waals surface area contributed by atoms with Crippen molar-refractivity contribution in [1.82, 2.24) is 20.5 Å². The van der Waals surface area contributed by atoms with Crippen molar-refractivity contribution in [3.63, 3.8) is 0 Å². The molecule has 0 amide bonds. The molecule has 2 aliphatic rings. The maximum Gasteiger partial charge on any atom is 0.191 e. The Kier molecular flexibility index (Phi) is 7.44. The van der Waals surface area contributed by atoms with Gasteiger partial charge in [0, 0.05) is 58.6 Å². The summed E-state index contributed by atoms with van der Waals surface area (Å²) in [6.45, 7) is 9.69.